The molecule has 0 aromatic heterocycles. The molecule has 22 atom stereocenters. The van der Waals surface area contributed by atoms with E-state index in [0.717, 1.165) is 115 Å². The average molecular weight is 1140 g/mol. The molecule has 0 radical (unpaired) electrons. The van der Waals surface area contributed by atoms with Gasteiger partial charge in [-0.1, -0.05) is 104 Å². The van der Waals surface area contributed by atoms with Gasteiger partial charge in [0.2, 0.25) is 10.4 Å². The predicted molar refractivity (Wildman–Crippen MR) is 302 cm³/mol. The maximum atomic E-state index is 12.9. The summed E-state index contributed by atoms with van der Waals surface area (Å²) in [5, 5.41) is 46.1. The van der Waals surface area contributed by atoms with Crippen molar-refractivity contribution in [3.05, 3.63) is 36.0 Å². The van der Waals surface area contributed by atoms with Crippen LogP contribution >= 0.6 is 0 Å². The third-order valence-corrected chi connectivity index (χ3v) is 25.4. The van der Waals surface area contributed by atoms with Gasteiger partial charge in [-0.05, 0) is 234 Å². The minimum Gasteiger partial charge on any atom is -0.726 e. The second-order valence-corrected chi connectivity index (χ2v) is 29.7. The zero-order valence-electron chi connectivity index (χ0n) is 50.4. The Bertz CT molecular complexity index is 2270. The first-order chi connectivity index (χ1) is 36.3. The van der Waals surface area contributed by atoms with Gasteiger partial charge in [0.05, 0.1) is 37.6 Å². The number of hydroxylamine groups is 2. The van der Waals surface area contributed by atoms with Crippen LogP contribution in [0, 0.1) is 105 Å². The molecule has 8 aliphatic carbocycles. The molecule has 0 heterocycles. The van der Waals surface area contributed by atoms with Crippen LogP contribution in [0.3, 0.4) is 0 Å². The van der Waals surface area contributed by atoms with Gasteiger partial charge in [-0.25, -0.2) is 12.6 Å². The SMILES string of the molecule is C/C=C/C/C(=C\C)CN(C/C=C/C)OS(=O)(=O)OCC[C@@H](C)[C@H]1CCC2C3C(CC[C@@]21C)[C@@]1(C)CC[C@@H](O)C[C@H]1[C@@H](CC)[C@H]3O.CC[C@H]1[C@@H](O)C2C3CC[C@H]([C@H](C)CCOS(=O)(=O)[O-])[C@@]3(C)CCC2[C@@]2(C)CC[C@@H](O)C[C@@H]12.[Na+]. The zero-order valence-corrected chi connectivity index (χ0v) is 54.0. The van der Waals surface area contributed by atoms with E-state index >= 15 is 0 Å². The summed E-state index contributed by atoms with van der Waals surface area (Å²) in [6.45, 7) is 25.2. The van der Waals surface area contributed by atoms with Crippen molar-refractivity contribution in [3.8, 4) is 0 Å². The van der Waals surface area contributed by atoms with Crippen LogP contribution in [0.15, 0.2) is 36.0 Å². The van der Waals surface area contributed by atoms with Crippen molar-refractivity contribution in [2.75, 3.05) is 26.3 Å². The molecule has 0 spiro atoms. The van der Waals surface area contributed by atoms with E-state index < -0.39 is 20.8 Å². The van der Waals surface area contributed by atoms with E-state index in [1.165, 1.54) is 5.06 Å². The maximum Gasteiger partial charge on any atom is 1.00 e. The van der Waals surface area contributed by atoms with Gasteiger partial charge in [0.25, 0.3) is 0 Å². The molecule has 0 aromatic carbocycles. The molecule has 13 nitrogen and oxygen atoms in total. The Kier molecular flexibility index (Phi) is 23.5. The standard InChI is InChI=1S/C37H63NO6S.C25H44O6S.Na/c1-8-12-14-27(10-3)25-38(22-13-9-2)44-45(41,42)43-23-19-26(5)30-15-16-31-34-32(18-21-36(30,31)6)37(7)20-17-28(39)24-33(37)29(11-4)35(34)40;1-5-17-21-14-16(26)8-11-25(21,4)20-9-12-24(3)18(6-7-19(24)22(20)23(17)27)15(2)10-13-31-32(28,29)30;/h8-10,12-13,26,28-35,39-40H,11,14-25H2,1-7H3;15-23,26-27H,5-14H2,1-4H3,(H,28,29,30);/q;;+1/p-1/b12-8+,13-9+,27-10+;;/t26-,28-,29-,30-,31?,32?,33+,34?,35-,36-,37-;15-,16-,17-,18-,19?,20?,21+,22?,23-,24-,25-;/m11./s1. The second-order valence-electron chi connectivity index (χ2n) is 27.4. The molecule has 444 valence electrons. The topological polar surface area (TPSA) is 203 Å². The molecular weight excluding hydrogens is 1040 g/mol. The first-order valence-electron chi connectivity index (χ1n) is 30.8. The molecule has 0 amide bonds. The largest absolute Gasteiger partial charge is 1.00 e. The minimum absolute atomic E-state index is 0. The van der Waals surface area contributed by atoms with Crippen LogP contribution in [0.2, 0.25) is 0 Å². The van der Waals surface area contributed by atoms with E-state index in [1.807, 2.05) is 51.2 Å². The molecule has 0 bridgehead atoms. The summed E-state index contributed by atoms with van der Waals surface area (Å²) in [7, 11) is -8.84. The number of rotatable bonds is 20. The van der Waals surface area contributed by atoms with Crippen molar-refractivity contribution < 1.29 is 84.0 Å². The molecule has 78 heavy (non-hydrogen) atoms. The molecule has 8 aliphatic rings. The monoisotopic (exact) mass is 1140 g/mol. The van der Waals surface area contributed by atoms with Crippen molar-refractivity contribution in [1.82, 2.24) is 5.06 Å². The summed E-state index contributed by atoms with van der Waals surface area (Å²) >= 11 is 0. The number of allylic oxidation sites excluding steroid dienone is 4. The number of nitrogens with zero attached hydrogens (tertiary/aromatic N) is 1. The van der Waals surface area contributed by atoms with E-state index in [9.17, 15) is 41.8 Å². The molecule has 4 N–H and O–H groups in total. The molecule has 0 aliphatic heterocycles. The summed E-state index contributed by atoms with van der Waals surface area (Å²) in [6, 6.07) is 0. The Morgan fingerprint density at radius 1 is 0.615 bits per heavy atom. The van der Waals surface area contributed by atoms with Gasteiger partial charge in [-0.2, -0.15) is 17.8 Å². The Labute approximate surface area is 495 Å². The van der Waals surface area contributed by atoms with Gasteiger partial charge >= 0.3 is 40.0 Å². The van der Waals surface area contributed by atoms with Crippen LogP contribution in [0.25, 0.3) is 0 Å². The Balaban J connectivity index is 0.000000263. The summed E-state index contributed by atoms with van der Waals surface area (Å²) in [5.74, 6) is 5.42. The summed E-state index contributed by atoms with van der Waals surface area (Å²) in [5.41, 5.74) is 1.72. The number of aliphatic hydroxyl groups excluding tert-OH is 4. The number of hydrogen-bond acceptors (Lipinski definition) is 13. The molecular formula is C62H106NNaO12S2. The van der Waals surface area contributed by atoms with E-state index in [0.29, 0.717) is 91.0 Å². The molecule has 16 heteroatoms. The zero-order chi connectivity index (χ0) is 56.5. The van der Waals surface area contributed by atoms with Gasteiger partial charge in [0, 0.05) is 13.1 Å². The minimum atomic E-state index is -4.64. The fraction of sp³-hybridized carbons (Fsp3) is 0.903. The third kappa shape index (κ3) is 13.9. The van der Waals surface area contributed by atoms with Crippen LogP contribution in [-0.4, -0.2) is 97.6 Å². The Hall–Kier alpha value is -0.240. The van der Waals surface area contributed by atoms with Crippen LogP contribution in [0.4, 0.5) is 0 Å². The van der Waals surface area contributed by atoms with E-state index in [2.05, 4.69) is 59.6 Å². The number of aliphatic hydroxyl groups is 4. The second kappa shape index (κ2) is 27.4. The normalized spacial score (nSPS) is 43.3. The van der Waals surface area contributed by atoms with Crippen LogP contribution < -0.4 is 29.6 Å². The quantitative estimate of drug-likeness (QED) is 0.0297. The van der Waals surface area contributed by atoms with Gasteiger partial charge in [0.1, 0.15) is 0 Å². The smallest absolute Gasteiger partial charge is 0.726 e. The van der Waals surface area contributed by atoms with Crippen LogP contribution in [0.1, 0.15) is 198 Å². The fourth-order valence-electron chi connectivity index (χ4n) is 20.2. The molecule has 0 saturated heterocycles. The first kappa shape index (κ1) is 66.9. The van der Waals surface area contributed by atoms with Gasteiger partial charge in [0.15, 0.2) is 0 Å². The first-order valence-corrected chi connectivity index (χ1v) is 33.5. The third-order valence-electron chi connectivity index (χ3n) is 24.0. The van der Waals surface area contributed by atoms with Crippen molar-refractivity contribution in [2.45, 2.75) is 223 Å². The summed E-state index contributed by atoms with van der Waals surface area (Å²) < 4.78 is 73.7. The molecule has 8 saturated carbocycles. The molecule has 8 rings (SSSR count). The Morgan fingerprint density at radius 3 is 1.45 bits per heavy atom. The average Bonchev–Trinajstić information content (AvgIpc) is 4.09. The van der Waals surface area contributed by atoms with Gasteiger partial charge in [-0.15, -0.1) is 0 Å². The number of hydrogen-bond donors (Lipinski definition) is 4. The fourth-order valence-corrected chi connectivity index (χ4v) is 21.2. The Morgan fingerprint density at radius 2 is 1.04 bits per heavy atom. The van der Waals surface area contributed by atoms with Crippen molar-refractivity contribution in [3.63, 3.8) is 0 Å². The summed E-state index contributed by atoms with van der Waals surface area (Å²) in [4.78, 5) is 0. The van der Waals surface area contributed by atoms with Crippen molar-refractivity contribution >= 4 is 20.8 Å². The molecule has 0 aromatic rings. The maximum absolute atomic E-state index is 12.9. The molecule has 6 unspecified atom stereocenters. The van der Waals surface area contributed by atoms with Crippen molar-refractivity contribution in [2.24, 2.45) is 105 Å². The van der Waals surface area contributed by atoms with Crippen LogP contribution in [0.5, 0.6) is 0 Å². The predicted octanol–water partition coefficient (Wildman–Crippen LogP) is 8.74. The van der Waals surface area contributed by atoms with Gasteiger partial charge < -0.3 is 25.0 Å². The van der Waals surface area contributed by atoms with E-state index in [1.54, 1.807) is 0 Å². The van der Waals surface area contributed by atoms with Crippen molar-refractivity contribution in [1.29, 1.82) is 0 Å². The van der Waals surface area contributed by atoms with E-state index in [-0.39, 0.29) is 107 Å². The van der Waals surface area contributed by atoms with E-state index in [4.69, 9.17) is 8.47 Å². The summed E-state index contributed by atoms with van der Waals surface area (Å²) in [6.07, 6.45) is 27.2. The van der Waals surface area contributed by atoms with Crippen LogP contribution in [-0.2, 0) is 33.4 Å². The molecule has 8 fully saturated rings. The number of fused-ring (bicyclic) bond motifs is 10. The van der Waals surface area contributed by atoms with Gasteiger partial charge in [-0.3, -0.25) is 4.18 Å².